The number of H-pyrrole nitrogens is 1. The zero-order chi connectivity index (χ0) is 21.1. The maximum atomic E-state index is 5.74. The summed E-state index contributed by atoms with van der Waals surface area (Å²) in [5, 5.41) is 7.63. The molecule has 0 atom stereocenters. The molecule has 0 unspecified atom stereocenters. The van der Waals surface area contributed by atoms with Gasteiger partial charge in [0, 0.05) is 35.0 Å². The van der Waals surface area contributed by atoms with Crippen molar-refractivity contribution in [1.29, 1.82) is 0 Å². The van der Waals surface area contributed by atoms with Crippen molar-refractivity contribution in [2.45, 2.75) is 33.1 Å². The molecule has 156 valence electrons. The molecule has 0 radical (unpaired) electrons. The highest BCUT2D eigenvalue weighted by molar-refractivity contribution is 5.79. The maximum absolute atomic E-state index is 5.74. The Balaban J connectivity index is 1.53. The van der Waals surface area contributed by atoms with Crippen LogP contribution in [-0.2, 0) is 10.2 Å². The van der Waals surface area contributed by atoms with E-state index in [2.05, 4.69) is 70.9 Å². The lowest BCUT2D eigenvalue weighted by molar-refractivity contribution is 0.110. The lowest BCUT2D eigenvalue weighted by Crippen LogP contribution is -2.11. The SMILES string of the molecule is CCOCCOc1ccc2c(c1)ncn2-c1ccc(-c2cc(C(C)(C)C)[nH]n2)cc1. The number of nitrogens with one attached hydrogen (secondary N) is 1. The van der Waals surface area contributed by atoms with E-state index in [9.17, 15) is 0 Å². The molecule has 2 aromatic carbocycles. The van der Waals surface area contributed by atoms with Gasteiger partial charge < -0.3 is 9.47 Å². The van der Waals surface area contributed by atoms with Gasteiger partial charge in [0.05, 0.1) is 23.3 Å². The van der Waals surface area contributed by atoms with Gasteiger partial charge in [0.1, 0.15) is 18.7 Å². The van der Waals surface area contributed by atoms with E-state index in [0.717, 1.165) is 39.4 Å². The normalized spacial score (nSPS) is 11.9. The maximum Gasteiger partial charge on any atom is 0.121 e. The smallest absolute Gasteiger partial charge is 0.121 e. The number of nitrogens with zero attached hydrogens (tertiary/aromatic N) is 3. The van der Waals surface area contributed by atoms with E-state index in [-0.39, 0.29) is 5.41 Å². The summed E-state index contributed by atoms with van der Waals surface area (Å²) in [6, 6.07) is 16.5. The third kappa shape index (κ3) is 4.24. The van der Waals surface area contributed by atoms with Gasteiger partial charge in [-0.2, -0.15) is 5.10 Å². The number of imidazole rings is 1. The Bertz CT molecular complexity index is 1120. The fourth-order valence-corrected chi connectivity index (χ4v) is 3.30. The number of ether oxygens (including phenoxy) is 2. The summed E-state index contributed by atoms with van der Waals surface area (Å²) in [5.41, 5.74) is 6.20. The average Bonchev–Trinajstić information content (AvgIpc) is 3.38. The Kier molecular flexibility index (Phi) is 5.59. The minimum atomic E-state index is 0.0481. The zero-order valence-electron chi connectivity index (χ0n) is 18.0. The van der Waals surface area contributed by atoms with Crippen molar-refractivity contribution < 1.29 is 9.47 Å². The summed E-state index contributed by atoms with van der Waals surface area (Å²) in [4.78, 5) is 4.55. The molecule has 0 fully saturated rings. The average molecular weight is 405 g/mol. The van der Waals surface area contributed by atoms with Crippen molar-refractivity contribution in [3.8, 4) is 22.7 Å². The van der Waals surface area contributed by atoms with Gasteiger partial charge in [0.25, 0.3) is 0 Å². The largest absolute Gasteiger partial charge is 0.491 e. The Morgan fingerprint density at radius 1 is 1.00 bits per heavy atom. The minimum Gasteiger partial charge on any atom is -0.491 e. The number of hydrogen-bond acceptors (Lipinski definition) is 4. The lowest BCUT2D eigenvalue weighted by atomic mass is 9.92. The third-order valence-corrected chi connectivity index (χ3v) is 5.05. The second-order valence-corrected chi connectivity index (χ2v) is 8.27. The second kappa shape index (κ2) is 8.32. The monoisotopic (exact) mass is 404 g/mol. The summed E-state index contributed by atoms with van der Waals surface area (Å²) < 4.78 is 13.1. The molecular formula is C24H28N4O2. The predicted octanol–water partition coefficient (Wildman–Crippen LogP) is 5.13. The molecule has 2 aromatic heterocycles. The van der Waals surface area contributed by atoms with Crippen molar-refractivity contribution in [2.24, 2.45) is 0 Å². The van der Waals surface area contributed by atoms with Gasteiger partial charge in [0.15, 0.2) is 0 Å². The van der Waals surface area contributed by atoms with Crippen molar-refractivity contribution >= 4 is 11.0 Å². The van der Waals surface area contributed by atoms with Crippen LogP contribution in [0.5, 0.6) is 5.75 Å². The highest BCUT2D eigenvalue weighted by atomic mass is 16.5. The first-order valence-electron chi connectivity index (χ1n) is 10.3. The van der Waals surface area contributed by atoms with Gasteiger partial charge in [-0.3, -0.25) is 9.67 Å². The van der Waals surface area contributed by atoms with Crippen molar-refractivity contribution in [3.05, 3.63) is 60.6 Å². The highest BCUT2D eigenvalue weighted by Crippen LogP contribution is 2.27. The number of fused-ring (bicyclic) bond motifs is 1. The first kappa shape index (κ1) is 20.2. The Hall–Kier alpha value is -3.12. The molecule has 4 aromatic rings. The minimum absolute atomic E-state index is 0.0481. The van der Waals surface area contributed by atoms with Gasteiger partial charge in [-0.15, -0.1) is 0 Å². The molecule has 0 aliphatic carbocycles. The molecule has 30 heavy (non-hydrogen) atoms. The zero-order valence-corrected chi connectivity index (χ0v) is 18.0. The van der Waals surface area contributed by atoms with Gasteiger partial charge in [-0.25, -0.2) is 4.98 Å². The number of benzene rings is 2. The van der Waals surface area contributed by atoms with Crippen LogP contribution in [0.25, 0.3) is 28.0 Å². The fraction of sp³-hybridized carbons (Fsp3) is 0.333. The molecule has 0 amide bonds. The number of aromatic amines is 1. The quantitative estimate of drug-likeness (QED) is 0.434. The summed E-state index contributed by atoms with van der Waals surface area (Å²) in [6.07, 6.45) is 1.84. The Morgan fingerprint density at radius 2 is 1.80 bits per heavy atom. The van der Waals surface area contributed by atoms with E-state index in [4.69, 9.17) is 9.47 Å². The van der Waals surface area contributed by atoms with Gasteiger partial charge in [-0.05, 0) is 37.3 Å². The summed E-state index contributed by atoms with van der Waals surface area (Å²) >= 11 is 0. The van der Waals surface area contributed by atoms with Crippen LogP contribution in [0.4, 0.5) is 0 Å². The molecule has 6 heteroatoms. The van der Waals surface area contributed by atoms with Gasteiger partial charge >= 0.3 is 0 Å². The summed E-state index contributed by atoms with van der Waals surface area (Å²) in [5.74, 6) is 0.802. The first-order valence-corrected chi connectivity index (χ1v) is 10.3. The fourth-order valence-electron chi connectivity index (χ4n) is 3.30. The summed E-state index contributed by atoms with van der Waals surface area (Å²) in [7, 11) is 0. The molecule has 0 aliphatic heterocycles. The topological polar surface area (TPSA) is 65.0 Å². The Labute approximate surface area is 176 Å². The van der Waals surface area contributed by atoms with Crippen molar-refractivity contribution in [2.75, 3.05) is 19.8 Å². The van der Waals surface area contributed by atoms with Gasteiger partial charge in [-0.1, -0.05) is 32.9 Å². The molecule has 4 rings (SSSR count). The molecule has 1 N–H and O–H groups in total. The highest BCUT2D eigenvalue weighted by Gasteiger charge is 2.17. The van der Waals surface area contributed by atoms with E-state index in [1.807, 2.05) is 31.5 Å². The molecule has 0 spiro atoms. The van der Waals surface area contributed by atoms with Crippen LogP contribution in [0, 0.1) is 0 Å². The second-order valence-electron chi connectivity index (χ2n) is 8.27. The van der Waals surface area contributed by atoms with Gasteiger partial charge in [0.2, 0.25) is 0 Å². The van der Waals surface area contributed by atoms with Crippen LogP contribution in [0.15, 0.2) is 54.9 Å². The molecule has 0 saturated heterocycles. The van der Waals surface area contributed by atoms with Crippen LogP contribution in [0.3, 0.4) is 0 Å². The van der Waals surface area contributed by atoms with Crippen molar-refractivity contribution in [3.63, 3.8) is 0 Å². The number of rotatable bonds is 7. The van der Waals surface area contributed by atoms with Crippen molar-refractivity contribution in [1.82, 2.24) is 19.7 Å². The van der Waals surface area contributed by atoms with E-state index < -0.39 is 0 Å². The van der Waals surface area contributed by atoms with Crippen LogP contribution in [0.1, 0.15) is 33.4 Å². The van der Waals surface area contributed by atoms with Crippen LogP contribution in [-0.4, -0.2) is 39.6 Å². The van der Waals surface area contributed by atoms with E-state index in [0.29, 0.717) is 19.8 Å². The molecule has 0 bridgehead atoms. The molecule has 6 nitrogen and oxygen atoms in total. The van der Waals surface area contributed by atoms with Crippen LogP contribution < -0.4 is 4.74 Å². The third-order valence-electron chi connectivity index (χ3n) is 5.05. The molecule has 0 saturated carbocycles. The Morgan fingerprint density at radius 3 is 2.50 bits per heavy atom. The van der Waals surface area contributed by atoms with E-state index >= 15 is 0 Å². The number of aromatic nitrogens is 4. The first-order chi connectivity index (χ1) is 14.5. The number of hydrogen-bond donors (Lipinski definition) is 1. The molecule has 0 aliphatic rings. The van der Waals surface area contributed by atoms with Crippen LogP contribution >= 0.6 is 0 Å². The standard InChI is InChI=1S/C24H28N4O2/c1-5-29-12-13-30-19-10-11-22-21(14-19)25-16-28(22)18-8-6-17(7-9-18)20-15-23(27-26-20)24(2,3)4/h6-11,14-16H,5,12-13H2,1-4H3,(H,26,27). The molecule has 2 heterocycles. The summed E-state index contributed by atoms with van der Waals surface area (Å²) in [6.45, 7) is 10.3. The van der Waals surface area contributed by atoms with E-state index in [1.165, 1.54) is 0 Å². The van der Waals surface area contributed by atoms with Crippen LogP contribution in [0.2, 0.25) is 0 Å². The van der Waals surface area contributed by atoms with E-state index in [1.54, 1.807) is 0 Å². The lowest BCUT2D eigenvalue weighted by Gasteiger charge is -2.14. The predicted molar refractivity (Wildman–Crippen MR) is 119 cm³/mol. The molecular weight excluding hydrogens is 376 g/mol.